The minimum absolute atomic E-state index is 0.242. The molecule has 1 aromatic rings. The van der Waals surface area contributed by atoms with E-state index in [9.17, 15) is 0 Å². The van der Waals surface area contributed by atoms with Crippen molar-refractivity contribution < 1.29 is 4.74 Å². The molecule has 1 heterocycles. The first-order valence-electron chi connectivity index (χ1n) is 6.49. The van der Waals surface area contributed by atoms with Crippen LogP contribution in [0.15, 0.2) is 0 Å². The van der Waals surface area contributed by atoms with Crippen molar-refractivity contribution >= 4 is 17.8 Å². The lowest BCUT2D eigenvalue weighted by atomic mass is 10.2. The van der Waals surface area contributed by atoms with Crippen LogP contribution in [-0.2, 0) is 4.74 Å². The van der Waals surface area contributed by atoms with E-state index in [1.54, 1.807) is 7.11 Å². The molecule has 1 aromatic heterocycles. The zero-order valence-electron chi connectivity index (χ0n) is 12.4. The zero-order chi connectivity index (χ0) is 14.3. The Morgan fingerprint density at radius 2 is 1.89 bits per heavy atom. The fourth-order valence-corrected chi connectivity index (χ4v) is 1.45. The number of ether oxygens (including phenoxy) is 1. The quantitative estimate of drug-likeness (QED) is 0.734. The molecule has 0 aliphatic rings. The standard InChI is InChI=1S/C12H24N6O/c1-6-13-10-15-11(14-9(2)7-8-19-5)17-12(16-10)18(3)4/h9H,6-8H2,1-5H3,(H2,13,14,15,16,17). The van der Waals surface area contributed by atoms with Crippen molar-refractivity contribution in [3.05, 3.63) is 0 Å². The van der Waals surface area contributed by atoms with Crippen molar-refractivity contribution in [3.8, 4) is 0 Å². The summed E-state index contributed by atoms with van der Waals surface area (Å²) >= 11 is 0. The van der Waals surface area contributed by atoms with Crippen LogP contribution in [-0.4, -0.2) is 55.4 Å². The average Bonchev–Trinajstić information content (AvgIpc) is 2.36. The number of anilines is 3. The monoisotopic (exact) mass is 268 g/mol. The molecule has 0 aromatic carbocycles. The van der Waals surface area contributed by atoms with Gasteiger partial charge in [-0.15, -0.1) is 0 Å². The maximum absolute atomic E-state index is 5.06. The Bertz CT molecular complexity index is 384. The van der Waals surface area contributed by atoms with Crippen LogP contribution in [0.25, 0.3) is 0 Å². The fourth-order valence-electron chi connectivity index (χ4n) is 1.45. The van der Waals surface area contributed by atoms with Gasteiger partial charge in [0.05, 0.1) is 0 Å². The van der Waals surface area contributed by atoms with Gasteiger partial charge in [-0.25, -0.2) is 0 Å². The van der Waals surface area contributed by atoms with Crippen molar-refractivity contribution in [1.29, 1.82) is 0 Å². The largest absolute Gasteiger partial charge is 0.385 e. The highest BCUT2D eigenvalue weighted by molar-refractivity contribution is 5.43. The molecule has 7 heteroatoms. The first-order chi connectivity index (χ1) is 9.06. The summed E-state index contributed by atoms with van der Waals surface area (Å²) in [5, 5.41) is 6.37. The molecule has 1 rings (SSSR count). The lowest BCUT2D eigenvalue weighted by Gasteiger charge is -2.16. The van der Waals surface area contributed by atoms with E-state index in [0.717, 1.165) is 13.0 Å². The molecule has 19 heavy (non-hydrogen) atoms. The third-order valence-electron chi connectivity index (χ3n) is 2.49. The number of methoxy groups -OCH3 is 1. The second-order valence-corrected chi connectivity index (χ2v) is 4.53. The molecule has 0 bridgehead atoms. The Balaban J connectivity index is 2.80. The molecule has 108 valence electrons. The molecule has 0 aliphatic carbocycles. The van der Waals surface area contributed by atoms with Crippen LogP contribution in [0.4, 0.5) is 17.8 Å². The van der Waals surface area contributed by atoms with E-state index in [4.69, 9.17) is 4.74 Å². The molecule has 0 saturated carbocycles. The average molecular weight is 268 g/mol. The van der Waals surface area contributed by atoms with Crippen LogP contribution in [0.3, 0.4) is 0 Å². The lowest BCUT2D eigenvalue weighted by molar-refractivity contribution is 0.191. The molecule has 0 fully saturated rings. The van der Waals surface area contributed by atoms with E-state index in [-0.39, 0.29) is 6.04 Å². The Hall–Kier alpha value is -1.63. The molecule has 0 spiro atoms. The number of rotatable bonds is 8. The highest BCUT2D eigenvalue weighted by Crippen LogP contribution is 2.12. The van der Waals surface area contributed by atoms with Crippen LogP contribution in [0.2, 0.25) is 0 Å². The van der Waals surface area contributed by atoms with Crippen molar-refractivity contribution in [1.82, 2.24) is 15.0 Å². The normalized spacial score (nSPS) is 12.1. The Morgan fingerprint density at radius 3 is 2.47 bits per heavy atom. The van der Waals surface area contributed by atoms with E-state index < -0.39 is 0 Å². The molecule has 2 N–H and O–H groups in total. The fraction of sp³-hybridized carbons (Fsp3) is 0.750. The van der Waals surface area contributed by atoms with Gasteiger partial charge in [-0.3, -0.25) is 0 Å². The maximum Gasteiger partial charge on any atom is 0.231 e. The van der Waals surface area contributed by atoms with Crippen molar-refractivity contribution in [2.45, 2.75) is 26.3 Å². The van der Waals surface area contributed by atoms with E-state index >= 15 is 0 Å². The van der Waals surface area contributed by atoms with Crippen LogP contribution >= 0.6 is 0 Å². The summed E-state index contributed by atoms with van der Waals surface area (Å²) in [6.07, 6.45) is 0.899. The molecule has 1 unspecified atom stereocenters. The summed E-state index contributed by atoms with van der Waals surface area (Å²) in [5.41, 5.74) is 0. The summed E-state index contributed by atoms with van der Waals surface area (Å²) in [7, 11) is 5.51. The summed E-state index contributed by atoms with van der Waals surface area (Å²) in [4.78, 5) is 14.9. The maximum atomic E-state index is 5.06. The van der Waals surface area contributed by atoms with E-state index in [1.165, 1.54) is 0 Å². The molecule has 0 amide bonds. The minimum Gasteiger partial charge on any atom is -0.385 e. The molecule has 1 atom stereocenters. The summed E-state index contributed by atoms with van der Waals surface area (Å²) in [6.45, 7) is 5.56. The number of nitrogens with zero attached hydrogens (tertiary/aromatic N) is 4. The summed E-state index contributed by atoms with van der Waals surface area (Å²) in [5.74, 6) is 1.80. The smallest absolute Gasteiger partial charge is 0.231 e. The number of aromatic nitrogens is 3. The lowest BCUT2D eigenvalue weighted by Crippen LogP contribution is -2.22. The van der Waals surface area contributed by atoms with Gasteiger partial charge in [-0.2, -0.15) is 15.0 Å². The second-order valence-electron chi connectivity index (χ2n) is 4.53. The van der Waals surface area contributed by atoms with Gasteiger partial charge in [0.2, 0.25) is 17.8 Å². The number of nitrogens with one attached hydrogen (secondary N) is 2. The van der Waals surface area contributed by atoms with Crippen molar-refractivity contribution in [2.75, 3.05) is 49.9 Å². The Morgan fingerprint density at radius 1 is 1.21 bits per heavy atom. The molecular weight excluding hydrogens is 244 g/mol. The third-order valence-corrected chi connectivity index (χ3v) is 2.49. The van der Waals surface area contributed by atoms with Gasteiger partial charge in [0.1, 0.15) is 0 Å². The molecule has 0 radical (unpaired) electrons. The molecule has 0 saturated heterocycles. The van der Waals surface area contributed by atoms with Gasteiger partial charge in [-0.05, 0) is 20.3 Å². The molecule has 7 nitrogen and oxygen atoms in total. The third kappa shape index (κ3) is 5.25. The first kappa shape index (κ1) is 15.4. The van der Waals surface area contributed by atoms with Gasteiger partial charge in [0.15, 0.2) is 0 Å². The highest BCUT2D eigenvalue weighted by Gasteiger charge is 2.10. The predicted octanol–water partition coefficient (Wildman–Crippen LogP) is 1.21. The van der Waals surface area contributed by atoms with Gasteiger partial charge >= 0.3 is 0 Å². The Kier molecular flexibility index (Phi) is 6.27. The summed E-state index contributed by atoms with van der Waals surface area (Å²) in [6, 6.07) is 0.242. The molecule has 0 aliphatic heterocycles. The van der Waals surface area contributed by atoms with E-state index in [2.05, 4.69) is 32.5 Å². The Labute approximate surface area is 114 Å². The number of hydrogen-bond donors (Lipinski definition) is 2. The second kappa shape index (κ2) is 7.73. The van der Waals surface area contributed by atoms with Crippen molar-refractivity contribution in [3.63, 3.8) is 0 Å². The SMILES string of the molecule is CCNc1nc(NC(C)CCOC)nc(N(C)C)n1. The van der Waals surface area contributed by atoms with Gasteiger partial charge in [0.25, 0.3) is 0 Å². The van der Waals surface area contributed by atoms with Gasteiger partial charge < -0.3 is 20.3 Å². The van der Waals surface area contributed by atoms with Gasteiger partial charge in [-0.1, -0.05) is 0 Å². The van der Waals surface area contributed by atoms with E-state index in [0.29, 0.717) is 24.5 Å². The predicted molar refractivity (Wildman–Crippen MR) is 77.9 cm³/mol. The number of hydrogen-bond acceptors (Lipinski definition) is 7. The van der Waals surface area contributed by atoms with Crippen LogP contribution in [0, 0.1) is 0 Å². The van der Waals surface area contributed by atoms with Crippen LogP contribution in [0.5, 0.6) is 0 Å². The molecular formula is C12H24N6O. The van der Waals surface area contributed by atoms with Crippen LogP contribution in [0.1, 0.15) is 20.3 Å². The minimum atomic E-state index is 0.242. The van der Waals surface area contributed by atoms with E-state index in [1.807, 2.05) is 25.9 Å². The first-order valence-corrected chi connectivity index (χ1v) is 6.49. The van der Waals surface area contributed by atoms with Gasteiger partial charge in [0, 0.05) is 40.4 Å². The zero-order valence-corrected chi connectivity index (χ0v) is 12.4. The highest BCUT2D eigenvalue weighted by atomic mass is 16.5. The summed E-state index contributed by atoms with van der Waals surface area (Å²) < 4.78 is 5.06. The van der Waals surface area contributed by atoms with Crippen molar-refractivity contribution in [2.24, 2.45) is 0 Å². The topological polar surface area (TPSA) is 75.2 Å². The van der Waals surface area contributed by atoms with Crippen LogP contribution < -0.4 is 15.5 Å².